The Labute approximate surface area is 145 Å². The predicted octanol–water partition coefficient (Wildman–Crippen LogP) is 7.23. The standard InChI is InChI=1S/C21H41O2/c1-4-7-10-11-12-13-14-15-16-19-21(20(22)23,17-8-5-2)18-9-6-3/h4-19H2,1-3H3. The summed E-state index contributed by atoms with van der Waals surface area (Å²) in [6.45, 7) is 6.53. The van der Waals surface area contributed by atoms with E-state index in [4.69, 9.17) is 0 Å². The minimum absolute atomic E-state index is 0.548. The second-order valence-corrected chi connectivity index (χ2v) is 7.35. The molecule has 23 heavy (non-hydrogen) atoms. The summed E-state index contributed by atoms with van der Waals surface area (Å²) in [6.07, 6.45) is 18.2. The zero-order valence-electron chi connectivity index (χ0n) is 16.1. The number of unbranched alkanes of at least 4 members (excludes halogenated alkanes) is 10. The Kier molecular flexibility index (Phi) is 14.7. The van der Waals surface area contributed by atoms with Crippen molar-refractivity contribution in [3.8, 4) is 0 Å². The minimum Gasteiger partial charge on any atom is -0.247 e. The number of hydrogen-bond acceptors (Lipinski definition) is 1. The van der Waals surface area contributed by atoms with E-state index in [1.165, 1.54) is 51.4 Å². The van der Waals surface area contributed by atoms with Gasteiger partial charge in [-0.15, -0.1) is 0 Å². The van der Waals surface area contributed by atoms with E-state index in [2.05, 4.69) is 20.8 Å². The molecule has 0 fully saturated rings. The van der Waals surface area contributed by atoms with Gasteiger partial charge in [0.15, 0.2) is 0 Å². The largest absolute Gasteiger partial charge is 0.361 e. The van der Waals surface area contributed by atoms with E-state index in [9.17, 15) is 9.90 Å². The third-order valence-corrected chi connectivity index (χ3v) is 5.21. The van der Waals surface area contributed by atoms with Gasteiger partial charge in [-0.3, -0.25) is 0 Å². The lowest BCUT2D eigenvalue weighted by Crippen LogP contribution is -2.30. The number of carbonyl (C=O) groups excluding carboxylic acids is 1. The molecular weight excluding hydrogens is 284 g/mol. The number of hydrogen-bond donors (Lipinski definition) is 0. The van der Waals surface area contributed by atoms with E-state index in [1.807, 2.05) is 0 Å². The number of rotatable bonds is 17. The lowest BCUT2D eigenvalue weighted by Gasteiger charge is -2.28. The van der Waals surface area contributed by atoms with E-state index < -0.39 is 11.4 Å². The van der Waals surface area contributed by atoms with Crippen LogP contribution in [0.5, 0.6) is 0 Å². The lowest BCUT2D eigenvalue weighted by atomic mass is 9.74. The van der Waals surface area contributed by atoms with Gasteiger partial charge in [0, 0.05) is 0 Å². The summed E-state index contributed by atoms with van der Waals surface area (Å²) in [6, 6.07) is 0. The summed E-state index contributed by atoms with van der Waals surface area (Å²) in [5.41, 5.74) is -0.548. The van der Waals surface area contributed by atoms with Crippen LogP contribution in [0, 0.1) is 5.41 Å². The van der Waals surface area contributed by atoms with E-state index in [1.54, 1.807) is 0 Å². The molecule has 0 aliphatic heterocycles. The molecule has 0 aliphatic rings. The SMILES string of the molecule is CCCCCCCCCCCC(CCCC)(CCCC)C([O])=O. The van der Waals surface area contributed by atoms with Gasteiger partial charge in [-0.2, -0.15) is 0 Å². The van der Waals surface area contributed by atoms with Crippen LogP contribution >= 0.6 is 0 Å². The highest BCUT2D eigenvalue weighted by molar-refractivity contribution is 5.74. The van der Waals surface area contributed by atoms with Crippen molar-refractivity contribution < 1.29 is 9.90 Å². The van der Waals surface area contributed by atoms with Crippen molar-refractivity contribution in [2.75, 3.05) is 0 Å². The van der Waals surface area contributed by atoms with E-state index in [-0.39, 0.29) is 0 Å². The van der Waals surface area contributed by atoms with Gasteiger partial charge >= 0.3 is 5.97 Å². The average molecular weight is 326 g/mol. The van der Waals surface area contributed by atoms with Crippen molar-refractivity contribution in [2.45, 2.75) is 124 Å². The summed E-state index contributed by atoms with van der Waals surface area (Å²) in [5, 5.41) is 11.8. The molecule has 0 aromatic rings. The molecule has 0 aliphatic carbocycles. The molecule has 0 bridgehead atoms. The predicted molar refractivity (Wildman–Crippen MR) is 99.0 cm³/mol. The Morgan fingerprint density at radius 1 is 0.565 bits per heavy atom. The van der Waals surface area contributed by atoms with Gasteiger partial charge in [0.2, 0.25) is 0 Å². The first-order chi connectivity index (χ1) is 11.1. The molecular formula is C21H41O2. The van der Waals surface area contributed by atoms with Crippen LogP contribution in [0.25, 0.3) is 0 Å². The van der Waals surface area contributed by atoms with Crippen LogP contribution in [0.2, 0.25) is 0 Å². The van der Waals surface area contributed by atoms with Crippen LogP contribution in [-0.2, 0) is 9.90 Å². The van der Waals surface area contributed by atoms with E-state index >= 15 is 0 Å². The van der Waals surface area contributed by atoms with Crippen molar-refractivity contribution in [3.05, 3.63) is 0 Å². The highest BCUT2D eigenvalue weighted by atomic mass is 16.4. The lowest BCUT2D eigenvalue weighted by molar-refractivity contribution is -0.157. The maximum atomic E-state index is 11.8. The molecule has 0 heterocycles. The first kappa shape index (κ1) is 22.5. The topological polar surface area (TPSA) is 37.0 Å². The molecule has 0 N–H and O–H groups in total. The van der Waals surface area contributed by atoms with Crippen molar-refractivity contribution >= 4 is 5.97 Å². The maximum absolute atomic E-state index is 11.8. The zero-order chi connectivity index (χ0) is 17.4. The second kappa shape index (κ2) is 15.0. The van der Waals surface area contributed by atoms with Gasteiger partial charge in [0.1, 0.15) is 0 Å². The molecule has 0 atom stereocenters. The fourth-order valence-corrected chi connectivity index (χ4v) is 3.49. The second-order valence-electron chi connectivity index (χ2n) is 7.35. The molecule has 2 heteroatoms. The third-order valence-electron chi connectivity index (χ3n) is 5.21. The molecule has 0 amide bonds. The van der Waals surface area contributed by atoms with Crippen molar-refractivity contribution in [3.63, 3.8) is 0 Å². The first-order valence-electron chi connectivity index (χ1n) is 10.3. The van der Waals surface area contributed by atoms with Gasteiger partial charge in [0.05, 0.1) is 5.41 Å². The summed E-state index contributed by atoms with van der Waals surface area (Å²) >= 11 is 0. The Morgan fingerprint density at radius 3 is 1.30 bits per heavy atom. The molecule has 0 aromatic heterocycles. The van der Waals surface area contributed by atoms with Gasteiger partial charge in [-0.05, 0) is 19.3 Å². The van der Waals surface area contributed by atoms with Crippen molar-refractivity contribution in [2.24, 2.45) is 5.41 Å². The summed E-state index contributed by atoms with van der Waals surface area (Å²) in [5.74, 6) is -0.793. The molecule has 0 unspecified atom stereocenters. The quantitative estimate of drug-likeness (QED) is 0.260. The smallest absolute Gasteiger partial charge is 0.247 e. The van der Waals surface area contributed by atoms with E-state index in [0.29, 0.717) is 0 Å². The van der Waals surface area contributed by atoms with Crippen LogP contribution in [-0.4, -0.2) is 5.97 Å². The number of carbonyl (C=O) groups is 1. The highest BCUT2D eigenvalue weighted by Gasteiger charge is 2.37. The van der Waals surface area contributed by atoms with Crippen LogP contribution < -0.4 is 0 Å². The Balaban J connectivity index is 4.05. The molecule has 1 radical (unpaired) electrons. The van der Waals surface area contributed by atoms with Crippen LogP contribution in [0.15, 0.2) is 0 Å². The Bertz CT molecular complexity index is 265. The fourth-order valence-electron chi connectivity index (χ4n) is 3.49. The molecule has 0 aromatic carbocycles. The van der Waals surface area contributed by atoms with Crippen LogP contribution in [0.3, 0.4) is 0 Å². The molecule has 0 spiro atoms. The van der Waals surface area contributed by atoms with Gasteiger partial charge in [-0.25, -0.2) is 9.90 Å². The molecule has 2 nitrogen and oxygen atoms in total. The monoisotopic (exact) mass is 325 g/mol. The van der Waals surface area contributed by atoms with Crippen molar-refractivity contribution in [1.82, 2.24) is 0 Å². The van der Waals surface area contributed by atoms with Gasteiger partial charge in [-0.1, -0.05) is 104 Å². The Morgan fingerprint density at radius 2 is 0.913 bits per heavy atom. The first-order valence-corrected chi connectivity index (χ1v) is 10.3. The molecule has 137 valence electrons. The van der Waals surface area contributed by atoms with Gasteiger partial charge < -0.3 is 0 Å². The average Bonchev–Trinajstić information content (AvgIpc) is 2.55. The Hall–Kier alpha value is -0.530. The zero-order valence-corrected chi connectivity index (χ0v) is 16.1. The molecule has 0 rings (SSSR count). The molecule has 0 saturated carbocycles. The molecule has 0 saturated heterocycles. The fraction of sp³-hybridized carbons (Fsp3) is 0.952. The summed E-state index contributed by atoms with van der Waals surface area (Å²) in [7, 11) is 0. The van der Waals surface area contributed by atoms with Crippen LogP contribution in [0.1, 0.15) is 124 Å². The van der Waals surface area contributed by atoms with Crippen LogP contribution in [0.4, 0.5) is 0 Å². The highest BCUT2D eigenvalue weighted by Crippen LogP contribution is 2.37. The minimum atomic E-state index is -0.793. The summed E-state index contributed by atoms with van der Waals surface area (Å²) in [4.78, 5) is 11.8. The summed E-state index contributed by atoms with van der Waals surface area (Å²) < 4.78 is 0. The third kappa shape index (κ3) is 10.8. The van der Waals surface area contributed by atoms with E-state index in [0.717, 1.165) is 51.4 Å². The normalized spacial score (nSPS) is 11.8. The van der Waals surface area contributed by atoms with Gasteiger partial charge in [0.25, 0.3) is 0 Å². The van der Waals surface area contributed by atoms with Crippen molar-refractivity contribution in [1.29, 1.82) is 0 Å². The maximum Gasteiger partial charge on any atom is 0.361 e.